The maximum absolute atomic E-state index is 12.4. The fourth-order valence-corrected chi connectivity index (χ4v) is 3.48. The molecule has 0 aliphatic heterocycles. The molecule has 1 N–H and O–H groups in total. The van der Waals surface area contributed by atoms with Gasteiger partial charge >= 0.3 is 5.97 Å². The third kappa shape index (κ3) is 4.50. The summed E-state index contributed by atoms with van der Waals surface area (Å²) in [6.45, 7) is 1.68. The molecule has 140 valence electrons. The monoisotopic (exact) mass is 405 g/mol. The summed E-state index contributed by atoms with van der Waals surface area (Å²) in [4.78, 5) is 24.7. The van der Waals surface area contributed by atoms with Crippen molar-refractivity contribution in [2.45, 2.75) is 6.92 Å². The van der Waals surface area contributed by atoms with Gasteiger partial charge in [-0.15, -0.1) is 11.3 Å². The zero-order valence-electron chi connectivity index (χ0n) is 14.4. The van der Waals surface area contributed by atoms with Gasteiger partial charge in [-0.2, -0.15) is 0 Å². The minimum absolute atomic E-state index is 0.218. The molecule has 3 aromatic rings. The van der Waals surface area contributed by atoms with E-state index < -0.39 is 11.9 Å². The third-order valence-electron chi connectivity index (χ3n) is 3.51. The van der Waals surface area contributed by atoms with Crippen molar-refractivity contribution in [3.63, 3.8) is 0 Å². The minimum Gasteiger partial charge on any atom is -0.482 e. The molecule has 0 unspecified atom stereocenters. The average molecular weight is 406 g/mol. The predicted octanol–water partition coefficient (Wildman–Crippen LogP) is 4.86. The fraction of sp³-hybridized carbons (Fsp3) is 0.158. The lowest BCUT2D eigenvalue weighted by Crippen LogP contribution is -2.21. The van der Waals surface area contributed by atoms with Crippen molar-refractivity contribution in [3.05, 3.63) is 58.6 Å². The number of thiophene rings is 1. The van der Waals surface area contributed by atoms with Crippen molar-refractivity contribution in [2.75, 3.05) is 18.5 Å². The Bertz CT molecular complexity index is 935. The Hall–Kier alpha value is -2.77. The molecule has 27 heavy (non-hydrogen) atoms. The van der Waals surface area contributed by atoms with Gasteiger partial charge in [0.2, 0.25) is 0 Å². The number of hydrogen-bond donors (Lipinski definition) is 1. The quantitative estimate of drug-likeness (QED) is 0.568. The van der Waals surface area contributed by atoms with E-state index in [2.05, 4.69) is 5.32 Å². The molecule has 3 rings (SSSR count). The van der Waals surface area contributed by atoms with Crippen LogP contribution in [0.25, 0.3) is 11.3 Å². The number of halogens is 1. The van der Waals surface area contributed by atoms with Gasteiger partial charge in [-0.05, 0) is 31.2 Å². The molecule has 1 amide bonds. The van der Waals surface area contributed by atoms with Gasteiger partial charge in [0.1, 0.15) is 22.1 Å². The second kappa shape index (κ2) is 8.75. The van der Waals surface area contributed by atoms with Crippen molar-refractivity contribution >= 4 is 39.8 Å². The maximum atomic E-state index is 12.4. The molecule has 2 aromatic heterocycles. The fourth-order valence-electron chi connectivity index (χ4n) is 2.34. The first kappa shape index (κ1) is 19.0. The lowest BCUT2D eigenvalue weighted by molar-refractivity contribution is -0.118. The summed E-state index contributed by atoms with van der Waals surface area (Å²) >= 11 is 7.21. The van der Waals surface area contributed by atoms with Gasteiger partial charge < -0.3 is 19.2 Å². The highest BCUT2D eigenvalue weighted by Crippen LogP contribution is 2.36. The zero-order valence-corrected chi connectivity index (χ0v) is 15.9. The second-order valence-electron chi connectivity index (χ2n) is 5.32. The molecule has 0 aliphatic rings. The molecular formula is C19H16ClNO5S. The summed E-state index contributed by atoms with van der Waals surface area (Å²) in [6.07, 6.45) is 1.51. The SMILES string of the molecule is CCOC(=O)c1c(-c2ccco2)csc1NC(=O)COc1ccccc1Cl. The summed E-state index contributed by atoms with van der Waals surface area (Å²) in [5.41, 5.74) is 0.814. The third-order valence-corrected chi connectivity index (χ3v) is 4.71. The molecule has 0 saturated carbocycles. The van der Waals surface area contributed by atoms with Crippen molar-refractivity contribution in [3.8, 4) is 17.1 Å². The Kier molecular flexibility index (Phi) is 6.16. The number of rotatable bonds is 7. The molecule has 0 atom stereocenters. The van der Waals surface area contributed by atoms with E-state index in [-0.39, 0.29) is 18.8 Å². The molecular weight excluding hydrogens is 390 g/mol. The van der Waals surface area contributed by atoms with Crippen LogP contribution < -0.4 is 10.1 Å². The second-order valence-corrected chi connectivity index (χ2v) is 6.61. The van der Waals surface area contributed by atoms with E-state index in [1.807, 2.05) is 0 Å². The standard InChI is InChI=1S/C19H16ClNO5S/c1-2-24-19(23)17-12(14-8-5-9-25-14)11-27-18(17)21-16(22)10-26-15-7-4-3-6-13(15)20/h3-9,11H,2,10H2,1H3,(H,21,22). The van der Waals surface area contributed by atoms with E-state index in [1.54, 1.807) is 48.7 Å². The van der Waals surface area contributed by atoms with Crippen LogP contribution in [0, 0.1) is 0 Å². The largest absolute Gasteiger partial charge is 0.482 e. The van der Waals surface area contributed by atoms with E-state index in [0.717, 1.165) is 0 Å². The summed E-state index contributed by atoms with van der Waals surface area (Å²) in [7, 11) is 0. The molecule has 0 aliphatic carbocycles. The molecule has 0 spiro atoms. The van der Waals surface area contributed by atoms with Crippen LogP contribution in [0.3, 0.4) is 0 Å². The van der Waals surface area contributed by atoms with Crippen LogP contribution >= 0.6 is 22.9 Å². The Morgan fingerprint density at radius 3 is 2.74 bits per heavy atom. The van der Waals surface area contributed by atoms with Crippen LogP contribution in [0.1, 0.15) is 17.3 Å². The van der Waals surface area contributed by atoms with E-state index in [0.29, 0.717) is 27.1 Å². The normalized spacial score (nSPS) is 10.4. The van der Waals surface area contributed by atoms with Crippen LogP contribution in [-0.4, -0.2) is 25.1 Å². The van der Waals surface area contributed by atoms with Gasteiger partial charge in [0, 0.05) is 10.9 Å². The Morgan fingerprint density at radius 1 is 1.22 bits per heavy atom. The number of benzene rings is 1. The number of carbonyl (C=O) groups is 2. The van der Waals surface area contributed by atoms with Gasteiger partial charge in [0.15, 0.2) is 6.61 Å². The highest BCUT2D eigenvalue weighted by molar-refractivity contribution is 7.15. The molecule has 0 radical (unpaired) electrons. The highest BCUT2D eigenvalue weighted by Gasteiger charge is 2.24. The van der Waals surface area contributed by atoms with E-state index in [9.17, 15) is 9.59 Å². The van der Waals surface area contributed by atoms with Crippen LogP contribution in [0.15, 0.2) is 52.5 Å². The van der Waals surface area contributed by atoms with Gasteiger partial charge in [-0.3, -0.25) is 4.79 Å². The average Bonchev–Trinajstić information content (AvgIpc) is 3.30. The predicted molar refractivity (Wildman–Crippen MR) is 104 cm³/mol. The minimum atomic E-state index is -0.535. The Labute approximate surface area is 164 Å². The first-order valence-electron chi connectivity index (χ1n) is 8.09. The number of anilines is 1. The number of amides is 1. The van der Waals surface area contributed by atoms with Crippen LogP contribution in [-0.2, 0) is 9.53 Å². The number of ether oxygens (including phenoxy) is 2. The van der Waals surface area contributed by atoms with Crippen molar-refractivity contribution in [1.82, 2.24) is 0 Å². The number of esters is 1. The summed E-state index contributed by atoms with van der Waals surface area (Å²) in [5, 5.41) is 5.20. The Morgan fingerprint density at radius 2 is 2.04 bits per heavy atom. The zero-order chi connectivity index (χ0) is 19.2. The summed E-state index contributed by atoms with van der Waals surface area (Å²) in [6, 6.07) is 10.3. The van der Waals surface area contributed by atoms with E-state index in [4.69, 9.17) is 25.5 Å². The number of furan rings is 1. The molecule has 2 heterocycles. The molecule has 6 nitrogen and oxygen atoms in total. The Balaban J connectivity index is 1.77. The van der Waals surface area contributed by atoms with Gasteiger partial charge in [-0.25, -0.2) is 4.79 Å². The first-order chi connectivity index (χ1) is 13.1. The smallest absolute Gasteiger partial charge is 0.341 e. The van der Waals surface area contributed by atoms with Crippen LogP contribution in [0.4, 0.5) is 5.00 Å². The van der Waals surface area contributed by atoms with Gasteiger partial charge in [0.25, 0.3) is 5.91 Å². The maximum Gasteiger partial charge on any atom is 0.341 e. The number of hydrogen-bond acceptors (Lipinski definition) is 6. The van der Waals surface area contributed by atoms with Gasteiger partial charge in [-0.1, -0.05) is 23.7 Å². The van der Waals surface area contributed by atoms with Crippen molar-refractivity contribution in [2.24, 2.45) is 0 Å². The topological polar surface area (TPSA) is 77.8 Å². The number of carbonyl (C=O) groups excluding carboxylic acids is 2. The molecule has 0 saturated heterocycles. The number of para-hydroxylation sites is 1. The van der Waals surface area contributed by atoms with Gasteiger partial charge in [0.05, 0.1) is 17.9 Å². The molecule has 1 aromatic carbocycles. The lowest BCUT2D eigenvalue weighted by atomic mass is 10.1. The van der Waals surface area contributed by atoms with Crippen molar-refractivity contribution < 1.29 is 23.5 Å². The van der Waals surface area contributed by atoms with Crippen LogP contribution in [0.5, 0.6) is 5.75 Å². The summed E-state index contributed by atoms with van der Waals surface area (Å²) in [5.74, 6) is -0.0368. The molecule has 8 heteroatoms. The van der Waals surface area contributed by atoms with E-state index >= 15 is 0 Å². The number of nitrogens with one attached hydrogen (secondary N) is 1. The van der Waals surface area contributed by atoms with Crippen molar-refractivity contribution in [1.29, 1.82) is 0 Å². The van der Waals surface area contributed by atoms with Crippen LogP contribution in [0.2, 0.25) is 5.02 Å². The summed E-state index contributed by atoms with van der Waals surface area (Å²) < 4.78 is 15.9. The molecule has 0 fully saturated rings. The van der Waals surface area contributed by atoms with E-state index in [1.165, 1.54) is 17.6 Å². The lowest BCUT2D eigenvalue weighted by Gasteiger charge is -2.09. The highest BCUT2D eigenvalue weighted by atomic mass is 35.5. The molecule has 0 bridgehead atoms. The first-order valence-corrected chi connectivity index (χ1v) is 9.35.